The zero-order valence-electron chi connectivity index (χ0n) is 35.5. The van der Waals surface area contributed by atoms with E-state index in [1.165, 1.54) is 121 Å². The van der Waals surface area contributed by atoms with Gasteiger partial charge in [-0.3, -0.25) is 0 Å². The second-order valence-corrected chi connectivity index (χ2v) is 17.6. The Morgan fingerprint density at radius 3 is 1.71 bits per heavy atom. The topological polar surface area (TPSA) is 9.86 Å². The zero-order valence-corrected chi connectivity index (χ0v) is 35.5. The molecule has 302 valence electrons. The first kappa shape index (κ1) is 36.1. The molecule has 0 spiro atoms. The number of rotatable bonds is 5. The van der Waals surface area contributed by atoms with Gasteiger partial charge in [0.25, 0.3) is 0 Å². The van der Waals surface area contributed by atoms with E-state index < -0.39 is 0 Å². The molecule has 0 N–H and O–H groups in total. The maximum atomic E-state index is 2.53. The molecule has 11 aromatic carbocycles. The summed E-state index contributed by atoms with van der Waals surface area (Å²) in [5, 5.41) is 10.0. The summed E-state index contributed by atoms with van der Waals surface area (Å²) >= 11 is 0. The Hall–Kier alpha value is -8.46. The molecule has 0 fully saturated rings. The maximum Gasteiger partial charge on any atom is 0.0544 e. The van der Waals surface area contributed by atoms with Gasteiger partial charge in [0, 0.05) is 38.5 Å². The van der Waals surface area contributed by atoms with Crippen molar-refractivity contribution in [2.75, 3.05) is 0 Å². The minimum Gasteiger partial charge on any atom is -0.309 e. The Bertz CT molecular complexity index is 4050. The van der Waals surface area contributed by atoms with E-state index in [-0.39, 0.29) is 5.92 Å². The Morgan fingerprint density at radius 2 is 0.877 bits per heavy atom. The van der Waals surface area contributed by atoms with Crippen LogP contribution in [-0.4, -0.2) is 9.13 Å². The van der Waals surface area contributed by atoms with E-state index in [0.29, 0.717) is 0 Å². The van der Waals surface area contributed by atoms with E-state index in [1.54, 1.807) is 0 Å². The molecule has 2 heteroatoms. The molecule has 1 unspecified atom stereocenters. The van der Waals surface area contributed by atoms with Crippen LogP contribution in [0.2, 0.25) is 0 Å². The van der Waals surface area contributed by atoms with Crippen LogP contribution in [0.3, 0.4) is 0 Å². The third kappa shape index (κ3) is 5.47. The molecule has 0 saturated heterocycles. The monoisotopic (exact) mass is 824 g/mol. The van der Waals surface area contributed by atoms with E-state index in [9.17, 15) is 0 Å². The molecule has 1 aliphatic carbocycles. The Labute approximate surface area is 376 Å². The van der Waals surface area contributed by atoms with Gasteiger partial charge in [-0.1, -0.05) is 176 Å². The summed E-state index contributed by atoms with van der Waals surface area (Å²) in [6, 6.07) is 87.9. The van der Waals surface area contributed by atoms with Crippen LogP contribution in [-0.2, 0) is 0 Å². The van der Waals surface area contributed by atoms with Crippen molar-refractivity contribution < 1.29 is 0 Å². The summed E-state index contributed by atoms with van der Waals surface area (Å²) in [6.07, 6.45) is 0. The van der Waals surface area contributed by atoms with Gasteiger partial charge in [0.2, 0.25) is 0 Å². The minimum atomic E-state index is 0.125. The molecule has 2 aromatic heterocycles. The minimum absolute atomic E-state index is 0.125. The van der Waals surface area contributed by atoms with Gasteiger partial charge >= 0.3 is 0 Å². The average Bonchev–Trinajstić information content (AvgIpc) is 4.00. The first-order valence-electron chi connectivity index (χ1n) is 22.6. The average molecular weight is 825 g/mol. The van der Waals surface area contributed by atoms with Crippen molar-refractivity contribution in [3.05, 3.63) is 253 Å². The van der Waals surface area contributed by atoms with Crippen LogP contribution in [0.15, 0.2) is 237 Å². The van der Waals surface area contributed by atoms with Crippen molar-refractivity contribution in [1.29, 1.82) is 0 Å². The van der Waals surface area contributed by atoms with Crippen molar-refractivity contribution in [1.82, 2.24) is 9.13 Å². The highest BCUT2D eigenvalue weighted by molar-refractivity contribution is 6.15. The quantitative estimate of drug-likeness (QED) is 0.164. The van der Waals surface area contributed by atoms with Gasteiger partial charge in [-0.2, -0.15) is 0 Å². The third-order valence-corrected chi connectivity index (χ3v) is 14.2. The number of hydrogen-bond donors (Lipinski definition) is 0. The summed E-state index contributed by atoms with van der Waals surface area (Å²) < 4.78 is 4.94. The molecule has 0 aliphatic heterocycles. The van der Waals surface area contributed by atoms with Crippen LogP contribution in [0, 0.1) is 0 Å². The van der Waals surface area contributed by atoms with Crippen molar-refractivity contribution in [3.8, 4) is 44.8 Å². The lowest BCUT2D eigenvalue weighted by Crippen LogP contribution is -2.00. The number of para-hydroxylation sites is 1. The largest absolute Gasteiger partial charge is 0.309 e. The summed E-state index contributed by atoms with van der Waals surface area (Å²) in [5.41, 5.74) is 18.7. The molecule has 2 heterocycles. The molecule has 2 nitrogen and oxygen atoms in total. The fraction of sp³-hybridized carbons (Fsp3) is 0.0159. The summed E-state index contributed by atoms with van der Waals surface area (Å²) in [7, 11) is 0. The molecule has 0 saturated carbocycles. The van der Waals surface area contributed by atoms with Gasteiger partial charge in [-0.25, -0.2) is 0 Å². The number of benzene rings is 11. The van der Waals surface area contributed by atoms with Crippen molar-refractivity contribution in [2.24, 2.45) is 0 Å². The van der Waals surface area contributed by atoms with E-state index >= 15 is 0 Å². The molecule has 0 radical (unpaired) electrons. The molecule has 0 amide bonds. The lowest BCUT2D eigenvalue weighted by molar-refractivity contribution is 1.02. The zero-order chi connectivity index (χ0) is 42.6. The number of hydrogen-bond acceptors (Lipinski definition) is 0. The second kappa shape index (κ2) is 14.0. The summed E-state index contributed by atoms with van der Waals surface area (Å²) in [6.45, 7) is 0. The molecule has 0 bridgehead atoms. The Kier molecular flexibility index (Phi) is 7.78. The van der Waals surface area contributed by atoms with Gasteiger partial charge in [0.15, 0.2) is 0 Å². The van der Waals surface area contributed by atoms with Gasteiger partial charge in [-0.05, 0) is 127 Å². The normalized spacial score (nSPS) is 13.4. The van der Waals surface area contributed by atoms with Crippen LogP contribution in [0.1, 0.15) is 22.6 Å². The highest BCUT2D eigenvalue weighted by Gasteiger charge is 2.32. The summed E-state index contributed by atoms with van der Waals surface area (Å²) in [5.74, 6) is 0.125. The van der Waals surface area contributed by atoms with Gasteiger partial charge < -0.3 is 9.13 Å². The lowest BCUT2D eigenvalue weighted by atomic mass is 9.88. The van der Waals surface area contributed by atoms with E-state index in [1.807, 2.05) is 0 Å². The number of nitrogens with zero attached hydrogens (tertiary/aromatic N) is 2. The smallest absolute Gasteiger partial charge is 0.0544 e. The number of aromatic nitrogens is 2. The Morgan fingerprint density at radius 1 is 0.277 bits per heavy atom. The Balaban J connectivity index is 0.976. The second-order valence-electron chi connectivity index (χ2n) is 17.6. The van der Waals surface area contributed by atoms with Gasteiger partial charge in [-0.15, -0.1) is 0 Å². The highest BCUT2D eigenvalue weighted by atomic mass is 15.0. The molecular formula is C63H40N2. The first-order chi connectivity index (χ1) is 32.2. The van der Waals surface area contributed by atoms with Crippen LogP contribution >= 0.6 is 0 Å². The number of fused-ring (bicyclic) bond motifs is 11. The molecule has 1 atom stereocenters. The van der Waals surface area contributed by atoms with Crippen molar-refractivity contribution >= 4 is 65.2 Å². The highest BCUT2D eigenvalue weighted by Crippen LogP contribution is 2.51. The van der Waals surface area contributed by atoms with E-state index in [4.69, 9.17) is 0 Å². The molecule has 65 heavy (non-hydrogen) atoms. The standard InChI is InChI=1S/C63H40N2/c1-2-13-40(14-3-1)42-27-31-48(32-28-42)64-59-23-11-10-21-51(59)54-36-45(29-33-60(54)64)46-30-34-61-55(37-46)56-38-53-50-20-8-9-22-52(50)63(47-26-25-41-15-4-5-17-44(41)35-47)57(53)39-62(56)65(61)58-24-12-18-43-16-6-7-19-49(43)58/h1-39,63H. The van der Waals surface area contributed by atoms with Crippen LogP contribution in [0.25, 0.3) is 110 Å². The van der Waals surface area contributed by atoms with Gasteiger partial charge in [0.1, 0.15) is 0 Å². The van der Waals surface area contributed by atoms with Gasteiger partial charge in [0.05, 0.1) is 27.8 Å². The fourth-order valence-corrected chi connectivity index (χ4v) is 11.2. The van der Waals surface area contributed by atoms with Crippen LogP contribution < -0.4 is 0 Å². The fourth-order valence-electron chi connectivity index (χ4n) is 11.2. The predicted octanol–water partition coefficient (Wildman–Crippen LogP) is 16.7. The van der Waals surface area contributed by atoms with Crippen molar-refractivity contribution in [3.63, 3.8) is 0 Å². The molecule has 14 rings (SSSR count). The molecular weight excluding hydrogens is 785 g/mol. The van der Waals surface area contributed by atoms with Crippen LogP contribution in [0.5, 0.6) is 0 Å². The van der Waals surface area contributed by atoms with E-state index in [2.05, 4.69) is 246 Å². The third-order valence-electron chi connectivity index (χ3n) is 14.2. The lowest BCUT2D eigenvalue weighted by Gasteiger charge is -2.16. The first-order valence-corrected chi connectivity index (χ1v) is 22.6. The van der Waals surface area contributed by atoms with E-state index in [0.717, 1.165) is 5.69 Å². The maximum absolute atomic E-state index is 2.53. The molecule has 13 aromatic rings. The SMILES string of the molecule is c1ccc(-c2ccc(-n3c4ccccc4c4cc(-c5ccc6c(c5)c5cc7c(cc5n6-c5cccc6ccccc56)C(c5ccc6ccccc6c5)c5ccccc5-7)ccc43)cc2)cc1. The predicted molar refractivity (Wildman–Crippen MR) is 274 cm³/mol. The summed E-state index contributed by atoms with van der Waals surface area (Å²) in [4.78, 5) is 0. The van der Waals surface area contributed by atoms with Crippen LogP contribution in [0.4, 0.5) is 0 Å². The molecule has 1 aliphatic rings. The van der Waals surface area contributed by atoms with Crippen molar-refractivity contribution in [2.45, 2.75) is 5.92 Å².